The van der Waals surface area contributed by atoms with E-state index >= 15 is 4.39 Å². The molecule has 3 saturated carbocycles. The molecule has 0 bridgehead atoms. The van der Waals surface area contributed by atoms with Crippen LogP contribution >= 0.6 is 0 Å². The molecule has 0 amide bonds. The molecule has 1 aromatic rings. The molecule has 3 fully saturated rings. The van der Waals surface area contributed by atoms with Crippen LogP contribution in [0.1, 0.15) is 58.9 Å². The average Bonchev–Trinajstić information content (AvgIpc) is 3.23. The topological polar surface area (TPSA) is 116 Å². The van der Waals surface area contributed by atoms with Crippen LogP contribution in [-0.4, -0.2) is 59.4 Å². The van der Waals surface area contributed by atoms with E-state index in [-0.39, 0.29) is 37.6 Å². The second-order valence-corrected chi connectivity index (χ2v) is 12.7. The van der Waals surface area contributed by atoms with Crippen molar-refractivity contribution in [2.24, 2.45) is 28.6 Å². The highest BCUT2D eigenvalue weighted by Gasteiger charge is 2.76. The number of esters is 1. The Morgan fingerprint density at radius 1 is 1.10 bits per heavy atom. The van der Waals surface area contributed by atoms with Gasteiger partial charge in [0.25, 0.3) is 0 Å². The molecule has 0 heterocycles. The number of halogens is 1. The summed E-state index contributed by atoms with van der Waals surface area (Å²) in [6, 6.07) is 8.95. The van der Waals surface area contributed by atoms with E-state index in [9.17, 15) is 24.3 Å². The van der Waals surface area contributed by atoms with Crippen molar-refractivity contribution >= 4 is 23.7 Å². The van der Waals surface area contributed by atoms with Gasteiger partial charge in [0.1, 0.15) is 0 Å². The Labute approximate surface area is 245 Å². The smallest absolute Gasteiger partial charge is 0.457 e. The maximum Gasteiger partial charge on any atom is 0.509 e. The predicted octanol–water partition coefficient (Wildman–Crippen LogP) is 4.87. The van der Waals surface area contributed by atoms with Crippen molar-refractivity contribution in [3.05, 3.63) is 59.7 Å². The van der Waals surface area contributed by atoms with Gasteiger partial charge in [-0.2, -0.15) is 0 Å². The number of ketones is 2. The van der Waals surface area contributed by atoms with Gasteiger partial charge in [-0.3, -0.25) is 14.4 Å². The van der Waals surface area contributed by atoms with E-state index < -0.39 is 64.6 Å². The number of rotatable bonds is 7. The number of fused-ring (bicyclic) bond motifs is 5. The fraction of sp³-hybridized carbons (Fsp3) is 0.576. The van der Waals surface area contributed by atoms with E-state index in [0.29, 0.717) is 18.4 Å². The molecule has 0 saturated heterocycles. The van der Waals surface area contributed by atoms with Gasteiger partial charge in [-0.15, -0.1) is 0 Å². The monoisotopic (exact) mass is 582 g/mol. The highest BCUT2D eigenvalue weighted by atomic mass is 19.1. The van der Waals surface area contributed by atoms with E-state index in [1.165, 1.54) is 12.2 Å². The van der Waals surface area contributed by atoms with Gasteiger partial charge in [0.05, 0.1) is 19.1 Å². The van der Waals surface area contributed by atoms with Gasteiger partial charge >= 0.3 is 12.1 Å². The van der Waals surface area contributed by atoms with Gasteiger partial charge in [0.2, 0.25) is 5.78 Å². The third-order valence-electron chi connectivity index (χ3n) is 10.6. The van der Waals surface area contributed by atoms with Crippen LogP contribution in [0.15, 0.2) is 54.1 Å². The van der Waals surface area contributed by atoms with Crippen LogP contribution in [0.4, 0.5) is 9.18 Å². The maximum absolute atomic E-state index is 17.6. The molecular formula is C33H39FO8. The maximum atomic E-state index is 17.6. The molecule has 8 nitrogen and oxygen atoms in total. The number of aliphatic hydroxyl groups excluding tert-OH is 1. The SMILES string of the molecule is CCOC(=O)O[C@]1(C(=O)COC(=O)Cc2ccccc2)CC[C@H]2[C@@H]3C[C@H](C)C4=CC(=O)C=C[C@]4(C)[C@@]3(F)C(O)C[C@@]21C. The van der Waals surface area contributed by atoms with E-state index in [4.69, 9.17) is 14.2 Å². The quantitative estimate of drug-likeness (QED) is 0.453. The van der Waals surface area contributed by atoms with Gasteiger partial charge in [0, 0.05) is 16.7 Å². The number of aliphatic hydroxyl groups is 1. The predicted molar refractivity (Wildman–Crippen MR) is 150 cm³/mol. The van der Waals surface area contributed by atoms with E-state index in [2.05, 4.69) is 0 Å². The Bertz CT molecular complexity index is 1340. The molecule has 0 aliphatic heterocycles. The summed E-state index contributed by atoms with van der Waals surface area (Å²) >= 11 is 0. The molecule has 0 radical (unpaired) electrons. The lowest BCUT2D eigenvalue weighted by atomic mass is 9.43. The Morgan fingerprint density at radius 3 is 2.50 bits per heavy atom. The third kappa shape index (κ3) is 4.43. The van der Waals surface area contributed by atoms with Crippen molar-refractivity contribution in [2.45, 2.75) is 77.2 Å². The number of allylic oxidation sites excluding steroid dienone is 4. The van der Waals surface area contributed by atoms with Crippen LogP contribution in [-0.2, 0) is 35.0 Å². The Balaban J connectivity index is 1.47. The minimum Gasteiger partial charge on any atom is -0.457 e. The Kier molecular flexibility index (Phi) is 7.71. The van der Waals surface area contributed by atoms with Gasteiger partial charge in [0.15, 0.2) is 23.7 Å². The summed E-state index contributed by atoms with van der Waals surface area (Å²) in [4.78, 5) is 51.6. The van der Waals surface area contributed by atoms with Crippen LogP contribution < -0.4 is 0 Å². The fourth-order valence-corrected chi connectivity index (χ4v) is 8.64. The number of hydrogen-bond acceptors (Lipinski definition) is 8. The van der Waals surface area contributed by atoms with E-state index in [0.717, 1.165) is 5.56 Å². The molecule has 0 spiro atoms. The standard InChI is InChI=1S/C33H39FO8/c1-5-40-29(39)42-32(27(37)19-41-28(38)16-21-9-7-6-8-10-21)14-12-23-25-15-20(2)24-17-22(35)11-13-30(24,3)33(25,34)26(36)18-31(23,32)4/h6-11,13,17,20,23,25-26,36H,5,12,14-16,18-19H2,1-4H3/t20-,23-,25-,26?,30-,31-,32-,33-/m0/s1. The van der Waals surface area contributed by atoms with Crippen molar-refractivity contribution in [1.82, 2.24) is 0 Å². The van der Waals surface area contributed by atoms with Crippen LogP contribution in [0, 0.1) is 28.6 Å². The first-order valence-corrected chi connectivity index (χ1v) is 14.7. The zero-order chi connectivity index (χ0) is 30.5. The third-order valence-corrected chi connectivity index (χ3v) is 10.6. The molecule has 8 atom stereocenters. The number of carbonyl (C=O) groups excluding carboxylic acids is 4. The van der Waals surface area contributed by atoms with Gasteiger partial charge < -0.3 is 19.3 Å². The minimum absolute atomic E-state index is 0.0180. The first-order chi connectivity index (χ1) is 19.8. The minimum atomic E-state index is -2.11. The average molecular weight is 583 g/mol. The molecule has 9 heteroatoms. The van der Waals surface area contributed by atoms with Gasteiger partial charge in [-0.1, -0.05) is 55.8 Å². The van der Waals surface area contributed by atoms with Crippen LogP contribution in [0.3, 0.4) is 0 Å². The molecule has 1 aromatic carbocycles. The molecule has 1 unspecified atom stereocenters. The number of Topliss-reactive ketones (excluding diaryl/α,β-unsaturated/α-hetero) is 1. The molecule has 4 aliphatic carbocycles. The summed E-state index contributed by atoms with van der Waals surface area (Å²) in [5.41, 5.74) is -4.91. The molecule has 5 rings (SSSR count). The van der Waals surface area contributed by atoms with Crippen molar-refractivity contribution in [2.75, 3.05) is 13.2 Å². The van der Waals surface area contributed by atoms with Crippen LogP contribution in [0.25, 0.3) is 0 Å². The van der Waals surface area contributed by atoms with Crippen molar-refractivity contribution < 1.29 is 42.9 Å². The summed E-state index contributed by atoms with van der Waals surface area (Å²) in [5.74, 6) is -2.73. The van der Waals surface area contributed by atoms with Gasteiger partial charge in [-0.05, 0) is 69.1 Å². The zero-order valence-electron chi connectivity index (χ0n) is 24.6. The molecule has 4 aliphatic rings. The first-order valence-electron chi connectivity index (χ1n) is 14.7. The number of benzene rings is 1. The first kappa shape index (κ1) is 30.1. The molecule has 226 valence electrons. The van der Waals surface area contributed by atoms with Crippen molar-refractivity contribution in [3.8, 4) is 0 Å². The highest BCUT2D eigenvalue weighted by Crippen LogP contribution is 2.71. The second-order valence-electron chi connectivity index (χ2n) is 12.7. The molecule has 42 heavy (non-hydrogen) atoms. The summed E-state index contributed by atoms with van der Waals surface area (Å²) in [6.45, 7) is 6.42. The lowest BCUT2D eigenvalue weighted by Gasteiger charge is -2.63. The zero-order valence-corrected chi connectivity index (χ0v) is 24.6. The van der Waals surface area contributed by atoms with E-state index in [1.54, 1.807) is 51.1 Å². The fourth-order valence-electron chi connectivity index (χ4n) is 8.64. The van der Waals surface area contributed by atoms with Crippen molar-refractivity contribution in [3.63, 3.8) is 0 Å². The summed E-state index contributed by atoms with van der Waals surface area (Å²) in [7, 11) is 0. The molecule has 0 aromatic heterocycles. The highest BCUT2D eigenvalue weighted by molar-refractivity contribution is 6.01. The summed E-state index contributed by atoms with van der Waals surface area (Å²) in [5, 5.41) is 11.7. The molecule has 1 N–H and O–H groups in total. The van der Waals surface area contributed by atoms with Crippen LogP contribution in [0.5, 0.6) is 0 Å². The number of ether oxygens (including phenoxy) is 3. The van der Waals surface area contributed by atoms with Crippen molar-refractivity contribution in [1.29, 1.82) is 0 Å². The van der Waals surface area contributed by atoms with Gasteiger partial charge in [-0.25, -0.2) is 9.18 Å². The Morgan fingerprint density at radius 2 is 1.81 bits per heavy atom. The summed E-state index contributed by atoms with van der Waals surface area (Å²) in [6.07, 6.45) is 2.42. The number of hydrogen-bond donors (Lipinski definition) is 1. The normalized spacial score (nSPS) is 38.4. The lowest BCUT2D eigenvalue weighted by Crippen LogP contribution is -2.70. The van der Waals surface area contributed by atoms with Crippen LogP contribution in [0.2, 0.25) is 0 Å². The second kappa shape index (κ2) is 10.7. The number of alkyl halides is 1. The lowest BCUT2D eigenvalue weighted by molar-refractivity contribution is -0.223. The van der Waals surface area contributed by atoms with E-state index in [1.807, 2.05) is 13.0 Å². The largest absolute Gasteiger partial charge is 0.509 e. The summed E-state index contributed by atoms with van der Waals surface area (Å²) < 4.78 is 33.9. The molecular weight excluding hydrogens is 543 g/mol. The number of carbonyl (C=O) groups is 4. The Hall–Kier alpha value is -3.33.